The SMILES string of the molecule is O=C(COC(=O)c1ccc2cc(C(=O)OCC(=O)c3ccc(-c4ccccc4)cc3)ccc2c1)c1ccc(-c2ccccc2)cc1. The van der Waals surface area contributed by atoms with Gasteiger partial charge < -0.3 is 9.47 Å². The monoisotopic (exact) mass is 604 g/mol. The van der Waals surface area contributed by atoms with Gasteiger partial charge in [-0.05, 0) is 57.3 Å². The molecule has 0 unspecified atom stereocenters. The highest BCUT2D eigenvalue weighted by atomic mass is 16.5. The van der Waals surface area contributed by atoms with E-state index in [0.29, 0.717) is 21.9 Å². The summed E-state index contributed by atoms with van der Waals surface area (Å²) in [6.45, 7) is -0.773. The fourth-order valence-electron chi connectivity index (χ4n) is 5.05. The molecule has 0 aliphatic heterocycles. The molecule has 0 aliphatic carbocycles. The predicted molar refractivity (Wildman–Crippen MR) is 177 cm³/mol. The fraction of sp³-hybridized carbons (Fsp3) is 0.0500. The second kappa shape index (κ2) is 13.7. The largest absolute Gasteiger partial charge is 0.454 e. The van der Waals surface area contributed by atoms with Crippen molar-refractivity contribution in [3.05, 3.63) is 168 Å². The second-order valence-corrected chi connectivity index (χ2v) is 10.7. The van der Waals surface area contributed by atoms with Crippen molar-refractivity contribution in [3.8, 4) is 22.3 Å². The third kappa shape index (κ3) is 6.98. The summed E-state index contributed by atoms with van der Waals surface area (Å²) < 4.78 is 10.6. The molecule has 0 fully saturated rings. The molecule has 0 heterocycles. The van der Waals surface area contributed by atoms with Crippen molar-refractivity contribution in [1.82, 2.24) is 0 Å². The number of benzene rings is 6. The van der Waals surface area contributed by atoms with E-state index in [1.54, 1.807) is 60.7 Å². The first-order chi connectivity index (χ1) is 22.4. The Morgan fingerprint density at radius 2 is 0.696 bits per heavy atom. The maximum absolute atomic E-state index is 12.7. The Morgan fingerprint density at radius 1 is 0.370 bits per heavy atom. The van der Waals surface area contributed by atoms with Crippen LogP contribution in [0.25, 0.3) is 33.0 Å². The molecule has 0 amide bonds. The van der Waals surface area contributed by atoms with Crippen molar-refractivity contribution in [2.75, 3.05) is 13.2 Å². The Morgan fingerprint density at radius 3 is 1.07 bits per heavy atom. The van der Waals surface area contributed by atoms with Gasteiger partial charge in [0.2, 0.25) is 0 Å². The number of hydrogen-bond acceptors (Lipinski definition) is 6. The van der Waals surface area contributed by atoms with Crippen LogP contribution in [0, 0.1) is 0 Å². The number of ketones is 2. The van der Waals surface area contributed by atoms with E-state index < -0.39 is 11.9 Å². The van der Waals surface area contributed by atoms with E-state index in [1.807, 2.05) is 84.9 Å². The van der Waals surface area contributed by atoms with Crippen LogP contribution in [0.4, 0.5) is 0 Å². The Kier molecular flexibility index (Phi) is 8.88. The van der Waals surface area contributed by atoms with Crippen LogP contribution in [-0.2, 0) is 9.47 Å². The van der Waals surface area contributed by atoms with Crippen LogP contribution in [0.1, 0.15) is 41.4 Å². The van der Waals surface area contributed by atoms with Gasteiger partial charge in [-0.3, -0.25) is 9.59 Å². The van der Waals surface area contributed by atoms with Crippen molar-refractivity contribution in [2.45, 2.75) is 0 Å². The quantitative estimate of drug-likeness (QED) is 0.116. The fourth-order valence-corrected chi connectivity index (χ4v) is 5.05. The third-order valence-corrected chi connectivity index (χ3v) is 7.61. The molecule has 0 atom stereocenters. The standard InChI is InChI=1S/C40H28O6/c41-37(31-15-11-29(12-16-31)27-7-3-1-4-8-27)25-45-39(43)35-21-19-34-24-36(22-20-33(34)23-35)40(44)46-26-38(42)32-17-13-30(14-18-32)28-9-5-2-6-10-28/h1-24H,25-26H2. The minimum atomic E-state index is -0.630. The highest BCUT2D eigenvalue weighted by molar-refractivity contribution is 6.03. The Bertz CT molecular complexity index is 1880. The van der Waals surface area contributed by atoms with Gasteiger partial charge in [-0.15, -0.1) is 0 Å². The van der Waals surface area contributed by atoms with Gasteiger partial charge in [0.15, 0.2) is 24.8 Å². The van der Waals surface area contributed by atoms with Gasteiger partial charge in [0.1, 0.15) is 0 Å². The number of carbonyl (C=O) groups is 4. The Balaban J connectivity index is 1.02. The van der Waals surface area contributed by atoms with Crippen LogP contribution in [-0.4, -0.2) is 36.7 Å². The first-order valence-electron chi connectivity index (χ1n) is 14.7. The predicted octanol–water partition coefficient (Wildman–Crippen LogP) is 8.25. The van der Waals surface area contributed by atoms with E-state index in [9.17, 15) is 19.2 Å². The average molecular weight is 605 g/mol. The van der Waals surface area contributed by atoms with Gasteiger partial charge in [-0.1, -0.05) is 121 Å². The minimum absolute atomic E-state index is 0.277. The Hall–Kier alpha value is -6.14. The number of rotatable bonds is 10. The molecule has 6 nitrogen and oxygen atoms in total. The van der Waals surface area contributed by atoms with Crippen LogP contribution in [0.3, 0.4) is 0 Å². The zero-order valence-electron chi connectivity index (χ0n) is 24.7. The van der Waals surface area contributed by atoms with Crippen LogP contribution in [0.2, 0.25) is 0 Å². The lowest BCUT2D eigenvalue weighted by molar-refractivity contribution is 0.0472. The second-order valence-electron chi connectivity index (χ2n) is 10.7. The normalized spacial score (nSPS) is 10.7. The van der Waals surface area contributed by atoms with Crippen LogP contribution < -0.4 is 0 Å². The van der Waals surface area contributed by atoms with Gasteiger partial charge in [0.25, 0.3) is 0 Å². The molecule has 6 rings (SSSR count). The molecule has 6 heteroatoms. The van der Waals surface area contributed by atoms with Crippen LogP contribution in [0.15, 0.2) is 146 Å². The summed E-state index contributed by atoms with van der Waals surface area (Å²) in [6.07, 6.45) is 0. The number of Topliss-reactive ketones (excluding diaryl/α,β-unsaturated/α-hetero) is 2. The summed E-state index contributed by atoms with van der Waals surface area (Å²) in [6, 6.07) is 43.8. The van der Waals surface area contributed by atoms with Crippen molar-refractivity contribution in [3.63, 3.8) is 0 Å². The van der Waals surface area contributed by atoms with Crippen molar-refractivity contribution in [2.24, 2.45) is 0 Å². The van der Waals surface area contributed by atoms with E-state index in [-0.39, 0.29) is 35.9 Å². The molecule has 0 aliphatic rings. The van der Waals surface area contributed by atoms with E-state index >= 15 is 0 Å². The molecule has 0 spiro atoms. The molecular formula is C40H28O6. The highest BCUT2D eigenvalue weighted by Crippen LogP contribution is 2.22. The minimum Gasteiger partial charge on any atom is -0.454 e. The summed E-state index contributed by atoms with van der Waals surface area (Å²) in [5.74, 6) is -1.87. The molecule has 0 aromatic heterocycles. The zero-order valence-corrected chi connectivity index (χ0v) is 24.7. The lowest BCUT2D eigenvalue weighted by Crippen LogP contribution is -2.14. The van der Waals surface area contributed by atoms with E-state index in [4.69, 9.17) is 9.47 Å². The van der Waals surface area contributed by atoms with Crippen LogP contribution in [0.5, 0.6) is 0 Å². The summed E-state index contributed by atoms with van der Waals surface area (Å²) in [5.41, 5.74) is 5.52. The average Bonchev–Trinajstić information content (AvgIpc) is 3.13. The summed E-state index contributed by atoms with van der Waals surface area (Å²) in [7, 11) is 0. The molecular weight excluding hydrogens is 576 g/mol. The van der Waals surface area contributed by atoms with Gasteiger partial charge >= 0.3 is 11.9 Å². The molecule has 0 saturated heterocycles. The molecule has 6 aromatic rings. The maximum atomic E-state index is 12.7. The van der Waals surface area contributed by atoms with Crippen molar-refractivity contribution < 1.29 is 28.7 Å². The van der Waals surface area contributed by atoms with E-state index in [0.717, 1.165) is 22.3 Å². The highest BCUT2D eigenvalue weighted by Gasteiger charge is 2.15. The van der Waals surface area contributed by atoms with Gasteiger partial charge in [0, 0.05) is 11.1 Å². The molecule has 0 radical (unpaired) electrons. The van der Waals surface area contributed by atoms with Crippen LogP contribution >= 0.6 is 0 Å². The summed E-state index contributed by atoms with van der Waals surface area (Å²) in [5, 5.41) is 1.40. The van der Waals surface area contributed by atoms with Crippen molar-refractivity contribution >= 4 is 34.3 Å². The molecule has 0 N–H and O–H groups in total. The lowest BCUT2D eigenvalue weighted by Gasteiger charge is -2.08. The van der Waals surface area contributed by atoms with Gasteiger partial charge in [-0.2, -0.15) is 0 Å². The zero-order chi connectivity index (χ0) is 31.9. The molecule has 0 saturated carbocycles. The molecule has 0 bridgehead atoms. The van der Waals surface area contributed by atoms with E-state index in [1.165, 1.54) is 0 Å². The summed E-state index contributed by atoms with van der Waals surface area (Å²) in [4.78, 5) is 50.7. The molecule has 224 valence electrons. The molecule has 46 heavy (non-hydrogen) atoms. The number of hydrogen-bond donors (Lipinski definition) is 0. The lowest BCUT2D eigenvalue weighted by atomic mass is 10.0. The third-order valence-electron chi connectivity index (χ3n) is 7.61. The first kappa shape index (κ1) is 29.9. The summed E-state index contributed by atoms with van der Waals surface area (Å²) >= 11 is 0. The Labute approximate surface area is 265 Å². The maximum Gasteiger partial charge on any atom is 0.338 e. The van der Waals surface area contributed by atoms with Gasteiger partial charge in [-0.25, -0.2) is 9.59 Å². The number of carbonyl (C=O) groups excluding carboxylic acids is 4. The number of ether oxygens (including phenoxy) is 2. The molecule has 6 aromatic carbocycles. The number of fused-ring (bicyclic) bond motifs is 1. The smallest absolute Gasteiger partial charge is 0.338 e. The van der Waals surface area contributed by atoms with Gasteiger partial charge in [0.05, 0.1) is 11.1 Å². The number of esters is 2. The first-order valence-corrected chi connectivity index (χ1v) is 14.7. The van der Waals surface area contributed by atoms with E-state index in [2.05, 4.69) is 0 Å². The topological polar surface area (TPSA) is 86.7 Å². The van der Waals surface area contributed by atoms with Crippen molar-refractivity contribution in [1.29, 1.82) is 0 Å².